The molecule has 0 aliphatic rings. The van der Waals surface area contributed by atoms with Crippen molar-refractivity contribution < 1.29 is 46.7 Å². The van der Waals surface area contributed by atoms with Crippen molar-refractivity contribution in [3.63, 3.8) is 0 Å². The Bertz CT molecular complexity index is 4680. The molecule has 0 saturated heterocycles. The third kappa shape index (κ3) is 14.9. The van der Waals surface area contributed by atoms with Gasteiger partial charge in [0.2, 0.25) is 0 Å². The van der Waals surface area contributed by atoms with Crippen molar-refractivity contribution in [1.82, 2.24) is 44.9 Å². The van der Waals surface area contributed by atoms with Crippen LogP contribution in [0, 0.1) is 17.5 Å². The van der Waals surface area contributed by atoms with E-state index in [4.69, 9.17) is 26.4 Å². The number of carbonyl (C=O) groups excluding carboxylic acids is 6. The number of pyridine rings is 6. The number of benzene rings is 3. The number of anilines is 6. The maximum absolute atomic E-state index is 13.3. The van der Waals surface area contributed by atoms with Gasteiger partial charge in [-0.25, -0.2) is 47.9 Å². The molecular weight excluding hydrogens is 1240 g/mol. The monoisotopic (exact) mass is 1300 g/mol. The molecule has 12 rings (SSSR count). The highest BCUT2D eigenvalue weighted by Gasteiger charge is 2.26. The summed E-state index contributed by atoms with van der Waals surface area (Å²) in [6, 6.07) is 34.9. The summed E-state index contributed by atoms with van der Waals surface area (Å²) in [5.41, 5.74) is 21.0. The van der Waals surface area contributed by atoms with E-state index in [9.17, 15) is 41.9 Å². The van der Waals surface area contributed by atoms with Crippen LogP contribution in [-0.4, -0.2) is 87.1 Å². The topological polar surface area (TPSA) is 324 Å². The van der Waals surface area contributed by atoms with Crippen molar-refractivity contribution in [3.8, 4) is 33.8 Å². The minimum atomic E-state index is -1.05. The van der Waals surface area contributed by atoms with Crippen LogP contribution in [0.25, 0.3) is 66.9 Å². The number of nitrogens with two attached hydrogens (primary N) is 2. The Labute approximate surface area is 547 Å². The van der Waals surface area contributed by atoms with Gasteiger partial charge in [0, 0.05) is 53.9 Å². The van der Waals surface area contributed by atoms with Gasteiger partial charge in [-0.15, -0.1) is 12.4 Å². The van der Waals surface area contributed by atoms with E-state index in [1.165, 1.54) is 55.0 Å². The number of methoxy groups -OCH3 is 1. The first-order chi connectivity index (χ1) is 45.1. The lowest BCUT2D eigenvalue weighted by Crippen LogP contribution is -2.22. The highest BCUT2D eigenvalue weighted by molar-refractivity contribution is 6.46. The van der Waals surface area contributed by atoms with Gasteiger partial charge in [-0.05, 0) is 144 Å². The smallest absolute Gasteiger partial charge is 0.379 e. The number of ether oxygens (including phenoxy) is 1. The van der Waals surface area contributed by atoms with E-state index in [0.29, 0.717) is 84.7 Å². The number of ketones is 3. The maximum atomic E-state index is 13.3. The van der Waals surface area contributed by atoms with E-state index in [1.807, 2.05) is 77.9 Å². The number of aromatic nitrogens is 9. The van der Waals surface area contributed by atoms with E-state index in [0.717, 1.165) is 40.5 Å². The molecule has 9 aromatic heterocycles. The average molecular weight is 1300 g/mol. The Kier molecular flexibility index (Phi) is 20.7. The average Bonchev–Trinajstić information content (AvgIpc) is 1.71. The highest BCUT2D eigenvalue weighted by Crippen LogP contribution is 2.37. The summed E-state index contributed by atoms with van der Waals surface area (Å²) in [4.78, 5) is 107. The number of primary amides is 2. The predicted molar refractivity (Wildman–Crippen MR) is 360 cm³/mol. The second-order valence-corrected chi connectivity index (χ2v) is 22.3. The first-order valence-electron chi connectivity index (χ1n) is 29.4. The molecule has 0 bridgehead atoms. The normalized spacial score (nSPS) is 11.0. The molecule has 0 aliphatic carbocycles. The second-order valence-electron chi connectivity index (χ2n) is 22.3. The fourth-order valence-electron chi connectivity index (χ4n) is 10.3. The minimum Gasteiger partial charge on any atom is -0.463 e. The number of rotatable bonds is 18. The summed E-state index contributed by atoms with van der Waals surface area (Å²) < 4.78 is 44.6. The van der Waals surface area contributed by atoms with Crippen LogP contribution in [0.2, 0.25) is 0 Å². The summed E-state index contributed by atoms with van der Waals surface area (Å²) in [6.07, 6.45) is 9.03. The largest absolute Gasteiger partial charge is 0.463 e. The van der Waals surface area contributed by atoms with Gasteiger partial charge in [-0.2, -0.15) is 0 Å². The number of Topliss-reactive ketones (excluding diaryl/α,β-unsaturated/α-hetero) is 3. The predicted octanol–water partition coefficient (Wildman–Crippen LogP) is 14.0. The number of amides is 2. The standard InChI is InChI=1S/C24H21FN4O3.2C23H20FN5O2.ClH/c1-13(2)16-8-9-18(14-4-6-15(25)7-5-14)28-22(16)29-19-10-11-26-23-20(19)17(12-27-23)21(30)24(31)32-3;2*1-12(2)15-7-8-17(13-3-5-14(24)6-4-13)28-22(15)29-18-9-10-26-23-19(18)16(11-27-23)20(30)21(25)31;/h4-13H,1-3H3,(H2,26,27,28,29);2*3-12H,1-2H3,(H2,25,31)(H2,26,27,28,29);1H. The Hall–Kier alpha value is -11.9. The van der Waals surface area contributed by atoms with E-state index < -0.39 is 35.1 Å². The first-order valence-corrected chi connectivity index (χ1v) is 29.4. The van der Waals surface area contributed by atoms with Gasteiger partial charge in [0.1, 0.15) is 51.8 Å². The van der Waals surface area contributed by atoms with E-state index in [1.54, 1.807) is 73.2 Å². The number of H-pyrrole nitrogens is 3. The number of fused-ring (bicyclic) bond motifs is 3. The van der Waals surface area contributed by atoms with Crippen LogP contribution in [-0.2, 0) is 19.1 Å². The van der Waals surface area contributed by atoms with Crippen molar-refractivity contribution in [1.29, 1.82) is 0 Å². The fourth-order valence-corrected chi connectivity index (χ4v) is 10.3. The molecule has 0 aliphatic heterocycles. The molecule has 0 spiro atoms. The molecule has 0 unspecified atom stereocenters. The third-order valence-electron chi connectivity index (χ3n) is 15.1. The van der Waals surface area contributed by atoms with Crippen molar-refractivity contribution >= 4 is 115 Å². The van der Waals surface area contributed by atoms with Crippen LogP contribution in [0.3, 0.4) is 0 Å². The van der Waals surface area contributed by atoms with Crippen LogP contribution in [0.15, 0.2) is 165 Å². The summed E-state index contributed by atoms with van der Waals surface area (Å²) in [5, 5.41) is 11.3. The maximum Gasteiger partial charge on any atom is 0.379 e. The molecule has 482 valence electrons. The molecule has 0 atom stereocenters. The zero-order valence-corrected chi connectivity index (χ0v) is 52.9. The Morgan fingerprint density at radius 2 is 0.684 bits per heavy atom. The van der Waals surface area contributed by atoms with Crippen molar-refractivity contribution in [2.45, 2.75) is 59.3 Å². The lowest BCUT2D eigenvalue weighted by molar-refractivity contribution is -0.135. The van der Waals surface area contributed by atoms with Crippen molar-refractivity contribution in [3.05, 3.63) is 215 Å². The van der Waals surface area contributed by atoms with Crippen LogP contribution in [0.1, 0.15) is 107 Å². The lowest BCUT2D eigenvalue weighted by Gasteiger charge is -2.16. The van der Waals surface area contributed by atoms with Gasteiger partial charge in [0.25, 0.3) is 29.2 Å². The highest BCUT2D eigenvalue weighted by atomic mass is 35.5. The Balaban J connectivity index is 0.000000167. The number of nitrogens with zero attached hydrogens (tertiary/aromatic N) is 6. The van der Waals surface area contributed by atoms with Gasteiger partial charge in [0.05, 0.1) is 74.1 Å². The SMILES string of the molecule is CC(C)c1ccc(-c2ccc(F)cc2)nc1Nc1ccnc2[nH]cc(C(=O)C(N)=O)c12.CC(C)c1ccc(-c2ccc(F)cc2)nc1Nc1ccnc2[nH]cc(C(=O)C(N)=O)c12.COC(=O)C(=O)c1c[nH]c2nccc(Nc3nc(-c4ccc(F)cc4)ccc3C(C)C)c12.Cl. The number of hydrogen-bond acceptors (Lipinski definition) is 16. The molecule has 0 saturated carbocycles. The Morgan fingerprint density at radius 3 is 0.937 bits per heavy atom. The number of aromatic amines is 3. The molecule has 21 nitrogen and oxygen atoms in total. The zero-order chi connectivity index (χ0) is 67.1. The molecule has 2 amide bonds. The summed E-state index contributed by atoms with van der Waals surface area (Å²) in [5.74, 6) is -4.15. The van der Waals surface area contributed by atoms with E-state index in [2.05, 4.69) is 50.6 Å². The molecule has 12 aromatic rings. The molecule has 95 heavy (non-hydrogen) atoms. The molecule has 3 aromatic carbocycles. The van der Waals surface area contributed by atoms with Crippen LogP contribution >= 0.6 is 12.4 Å². The number of esters is 1. The minimum absolute atomic E-state index is 0. The first kappa shape index (κ1) is 67.5. The lowest BCUT2D eigenvalue weighted by atomic mass is 10.0. The van der Waals surface area contributed by atoms with E-state index in [-0.39, 0.29) is 64.3 Å². The molecular formula is C70H62ClF3N14O7. The van der Waals surface area contributed by atoms with Crippen LogP contribution < -0.4 is 27.4 Å². The number of nitrogens with one attached hydrogen (secondary N) is 6. The van der Waals surface area contributed by atoms with Gasteiger partial charge < -0.3 is 47.1 Å². The number of halogens is 4. The quantitative estimate of drug-likeness (QED) is 0.0225. The van der Waals surface area contributed by atoms with E-state index >= 15 is 0 Å². The second kappa shape index (κ2) is 29.1. The molecule has 9 heterocycles. The number of hydrogen-bond donors (Lipinski definition) is 8. The Morgan fingerprint density at radius 1 is 0.411 bits per heavy atom. The third-order valence-corrected chi connectivity index (χ3v) is 15.1. The molecule has 10 N–H and O–H groups in total. The zero-order valence-electron chi connectivity index (χ0n) is 52.1. The number of carbonyl (C=O) groups is 6. The van der Waals surface area contributed by atoms with Crippen molar-refractivity contribution in [2.75, 3.05) is 23.1 Å². The molecule has 0 radical (unpaired) electrons. The van der Waals surface area contributed by atoms with Gasteiger partial charge in [0.15, 0.2) is 0 Å². The molecule has 25 heteroatoms. The van der Waals surface area contributed by atoms with Gasteiger partial charge in [-0.1, -0.05) is 59.7 Å². The fraction of sp³-hybridized carbons (Fsp3) is 0.143. The van der Waals surface area contributed by atoms with Gasteiger partial charge >= 0.3 is 5.97 Å². The van der Waals surface area contributed by atoms with Crippen molar-refractivity contribution in [2.24, 2.45) is 11.5 Å². The van der Waals surface area contributed by atoms with Crippen LogP contribution in [0.5, 0.6) is 0 Å². The summed E-state index contributed by atoms with van der Waals surface area (Å²) in [6.45, 7) is 12.3. The summed E-state index contributed by atoms with van der Waals surface area (Å²) in [7, 11) is 1.16. The van der Waals surface area contributed by atoms with Gasteiger partial charge in [-0.3, -0.25) is 24.0 Å². The van der Waals surface area contributed by atoms with Crippen LogP contribution in [0.4, 0.5) is 47.7 Å². The summed E-state index contributed by atoms with van der Waals surface area (Å²) >= 11 is 0. The molecule has 0 fully saturated rings.